The Labute approximate surface area is 144 Å². The van der Waals surface area contributed by atoms with Crippen LogP contribution in [0.3, 0.4) is 0 Å². The summed E-state index contributed by atoms with van der Waals surface area (Å²) < 4.78 is 29.6. The number of rotatable bonds is 7. The topological polar surface area (TPSA) is 96.3 Å². The highest BCUT2D eigenvalue weighted by Gasteiger charge is 2.11. The Balaban J connectivity index is 1.88. The molecule has 24 heavy (non-hydrogen) atoms. The average molecular weight is 364 g/mol. The van der Waals surface area contributed by atoms with Crippen molar-refractivity contribution in [3.8, 4) is 6.07 Å². The van der Waals surface area contributed by atoms with E-state index >= 15 is 0 Å². The number of nitrogens with zero attached hydrogens (tertiary/aromatic N) is 1. The van der Waals surface area contributed by atoms with Crippen LogP contribution < -0.4 is 4.72 Å². The third-order valence-electron chi connectivity index (χ3n) is 3.02. The van der Waals surface area contributed by atoms with Crippen LogP contribution in [-0.2, 0) is 27.8 Å². The third-order valence-corrected chi connectivity index (χ3v) is 4.88. The fourth-order valence-electron chi connectivity index (χ4n) is 1.93. The molecule has 0 bridgehead atoms. The minimum Gasteiger partial charge on any atom is -0.457 e. The minimum atomic E-state index is -3.21. The quantitative estimate of drug-likeness (QED) is 0.759. The molecule has 0 saturated carbocycles. The second-order valence-electron chi connectivity index (χ2n) is 5.07. The van der Waals surface area contributed by atoms with Gasteiger partial charge in [0, 0.05) is 11.4 Å². The van der Waals surface area contributed by atoms with Gasteiger partial charge in [0.1, 0.15) is 11.5 Å². The Hall–Kier alpha value is -2.21. The summed E-state index contributed by atoms with van der Waals surface area (Å²) in [5.74, 6) is -0.440. The van der Waals surface area contributed by atoms with Gasteiger partial charge in [0.15, 0.2) is 0 Å². The van der Waals surface area contributed by atoms with Gasteiger partial charge in [0.05, 0.1) is 17.9 Å². The van der Waals surface area contributed by atoms with Crippen LogP contribution in [0.15, 0.2) is 36.4 Å². The van der Waals surface area contributed by atoms with E-state index in [0.717, 1.165) is 16.7 Å². The molecule has 0 saturated heterocycles. The molecule has 0 fully saturated rings. The molecule has 0 aliphatic carbocycles. The fourth-order valence-corrected chi connectivity index (χ4v) is 3.31. The lowest BCUT2D eigenvalue weighted by atomic mass is 10.1. The number of ether oxygens (including phenoxy) is 1. The summed E-state index contributed by atoms with van der Waals surface area (Å²) in [5.41, 5.74) is 1.26. The summed E-state index contributed by atoms with van der Waals surface area (Å²) in [7, 11) is -3.21. The van der Waals surface area contributed by atoms with E-state index in [1.807, 2.05) is 6.07 Å². The molecule has 0 radical (unpaired) electrons. The zero-order valence-electron chi connectivity index (χ0n) is 13.0. The number of thiophene rings is 1. The van der Waals surface area contributed by atoms with Crippen molar-refractivity contribution in [2.45, 2.75) is 13.0 Å². The van der Waals surface area contributed by atoms with Gasteiger partial charge in [-0.05, 0) is 36.2 Å². The van der Waals surface area contributed by atoms with E-state index in [4.69, 9.17) is 10.00 Å². The number of nitriles is 1. The highest BCUT2D eigenvalue weighted by atomic mass is 32.2. The van der Waals surface area contributed by atoms with Crippen LogP contribution in [0, 0.1) is 11.3 Å². The van der Waals surface area contributed by atoms with E-state index < -0.39 is 16.0 Å². The molecular formula is C16H16N2O4S2. The zero-order valence-corrected chi connectivity index (χ0v) is 14.6. The summed E-state index contributed by atoms with van der Waals surface area (Å²) in [6.07, 6.45) is 1.61. The van der Waals surface area contributed by atoms with Gasteiger partial charge in [-0.15, -0.1) is 11.3 Å². The van der Waals surface area contributed by atoms with Crippen LogP contribution in [0.2, 0.25) is 0 Å². The van der Waals surface area contributed by atoms with Crippen molar-refractivity contribution in [3.05, 3.63) is 57.3 Å². The Morgan fingerprint density at radius 2 is 2.12 bits per heavy atom. The van der Waals surface area contributed by atoms with Gasteiger partial charge in [-0.3, -0.25) is 0 Å². The van der Waals surface area contributed by atoms with Crippen LogP contribution in [0.5, 0.6) is 0 Å². The Kier molecular flexibility index (Phi) is 6.09. The molecule has 0 atom stereocenters. The van der Waals surface area contributed by atoms with Crippen LogP contribution >= 0.6 is 11.3 Å². The van der Waals surface area contributed by atoms with Crippen molar-refractivity contribution in [1.29, 1.82) is 5.26 Å². The number of sulfonamides is 1. The lowest BCUT2D eigenvalue weighted by Gasteiger charge is -2.03. The Morgan fingerprint density at radius 1 is 1.33 bits per heavy atom. The molecule has 0 aliphatic heterocycles. The standard InChI is InChI=1S/C16H16N2O4S2/c1-24(20,21)18-8-7-14-5-6-15(23-14)16(19)22-11-13-4-2-3-12(9-13)10-17/h2-6,9,18H,7-8,11H2,1H3. The first-order valence-corrected chi connectivity index (χ1v) is 9.78. The molecule has 1 aromatic carbocycles. The maximum atomic E-state index is 12.0. The first-order valence-electron chi connectivity index (χ1n) is 7.07. The predicted octanol–water partition coefficient (Wildman–Crippen LogP) is 2.07. The monoisotopic (exact) mass is 364 g/mol. The number of carbonyl (C=O) groups excluding carboxylic acids is 1. The lowest BCUT2D eigenvalue weighted by Crippen LogP contribution is -2.23. The molecule has 0 amide bonds. The van der Waals surface area contributed by atoms with Crippen molar-refractivity contribution in [2.75, 3.05) is 12.8 Å². The zero-order chi connectivity index (χ0) is 17.6. The van der Waals surface area contributed by atoms with Crippen molar-refractivity contribution in [2.24, 2.45) is 0 Å². The molecule has 2 rings (SSSR count). The van der Waals surface area contributed by atoms with E-state index in [0.29, 0.717) is 16.9 Å². The number of nitrogens with one attached hydrogen (secondary N) is 1. The molecule has 1 aromatic heterocycles. The minimum absolute atomic E-state index is 0.0945. The van der Waals surface area contributed by atoms with Crippen LogP contribution in [-0.4, -0.2) is 27.2 Å². The van der Waals surface area contributed by atoms with Gasteiger partial charge in [-0.2, -0.15) is 5.26 Å². The molecule has 0 unspecified atom stereocenters. The molecule has 6 nitrogen and oxygen atoms in total. The maximum Gasteiger partial charge on any atom is 0.348 e. The normalized spacial score (nSPS) is 11.0. The Bertz CT molecular complexity index is 866. The number of hydrogen-bond donors (Lipinski definition) is 1. The van der Waals surface area contributed by atoms with Gasteiger partial charge >= 0.3 is 5.97 Å². The summed E-state index contributed by atoms with van der Waals surface area (Å²) in [4.78, 5) is 13.4. The van der Waals surface area contributed by atoms with Gasteiger partial charge < -0.3 is 4.74 Å². The third kappa shape index (κ3) is 5.77. The van der Waals surface area contributed by atoms with Gasteiger partial charge in [-0.1, -0.05) is 12.1 Å². The van der Waals surface area contributed by atoms with Crippen LogP contribution in [0.25, 0.3) is 0 Å². The second kappa shape index (κ2) is 8.06. The van der Waals surface area contributed by atoms with E-state index in [-0.39, 0.29) is 13.2 Å². The van der Waals surface area contributed by atoms with E-state index in [9.17, 15) is 13.2 Å². The number of esters is 1. The van der Waals surface area contributed by atoms with Crippen molar-refractivity contribution in [3.63, 3.8) is 0 Å². The van der Waals surface area contributed by atoms with E-state index in [1.54, 1.807) is 36.4 Å². The van der Waals surface area contributed by atoms with E-state index in [1.165, 1.54) is 11.3 Å². The SMILES string of the molecule is CS(=O)(=O)NCCc1ccc(C(=O)OCc2cccc(C#N)c2)s1. The number of benzene rings is 1. The molecular weight excluding hydrogens is 348 g/mol. The smallest absolute Gasteiger partial charge is 0.348 e. The second-order valence-corrected chi connectivity index (χ2v) is 8.07. The Morgan fingerprint density at radius 3 is 2.83 bits per heavy atom. The average Bonchev–Trinajstić information content (AvgIpc) is 3.00. The van der Waals surface area contributed by atoms with Crippen molar-refractivity contribution < 1.29 is 17.9 Å². The summed E-state index contributed by atoms with van der Waals surface area (Å²) in [6, 6.07) is 12.3. The molecule has 0 aliphatic rings. The predicted molar refractivity (Wildman–Crippen MR) is 91.1 cm³/mol. The van der Waals surface area contributed by atoms with Gasteiger partial charge in [0.25, 0.3) is 0 Å². The highest BCUT2D eigenvalue weighted by Crippen LogP contribution is 2.18. The van der Waals surface area contributed by atoms with E-state index in [2.05, 4.69) is 4.72 Å². The fraction of sp³-hybridized carbons (Fsp3) is 0.250. The highest BCUT2D eigenvalue weighted by molar-refractivity contribution is 7.88. The molecule has 1 N–H and O–H groups in total. The van der Waals surface area contributed by atoms with Gasteiger partial charge in [0.2, 0.25) is 10.0 Å². The maximum absolute atomic E-state index is 12.0. The largest absolute Gasteiger partial charge is 0.457 e. The summed E-state index contributed by atoms with van der Waals surface area (Å²) in [5, 5.41) is 8.84. The van der Waals surface area contributed by atoms with Crippen molar-refractivity contribution in [1.82, 2.24) is 4.72 Å². The van der Waals surface area contributed by atoms with Crippen molar-refractivity contribution >= 4 is 27.3 Å². The first-order chi connectivity index (χ1) is 11.4. The summed E-state index contributed by atoms with van der Waals surface area (Å²) >= 11 is 1.27. The van der Waals surface area contributed by atoms with Gasteiger partial charge in [-0.25, -0.2) is 17.9 Å². The van der Waals surface area contributed by atoms with Crippen LogP contribution in [0.1, 0.15) is 25.7 Å². The van der Waals surface area contributed by atoms with Crippen LogP contribution in [0.4, 0.5) is 0 Å². The molecule has 126 valence electrons. The first kappa shape index (κ1) is 18.1. The lowest BCUT2D eigenvalue weighted by molar-refractivity contribution is 0.0478. The number of hydrogen-bond acceptors (Lipinski definition) is 6. The molecule has 1 heterocycles. The molecule has 0 spiro atoms. The molecule has 8 heteroatoms. The summed E-state index contributed by atoms with van der Waals surface area (Å²) in [6.45, 7) is 0.381. The number of carbonyl (C=O) groups is 1. The molecule has 2 aromatic rings.